The van der Waals surface area contributed by atoms with Crippen molar-refractivity contribution < 1.29 is 19.1 Å². The fourth-order valence-electron chi connectivity index (χ4n) is 3.08. The number of fused-ring (bicyclic) bond motifs is 1. The molecule has 1 saturated heterocycles. The fraction of sp³-hybridized carbons (Fsp3) is 0.450. The van der Waals surface area contributed by atoms with Crippen molar-refractivity contribution in [3.8, 4) is 5.75 Å². The molecule has 0 bridgehead atoms. The first-order valence-electron chi connectivity index (χ1n) is 8.97. The van der Waals surface area contributed by atoms with Crippen LogP contribution in [0, 0.1) is 5.92 Å². The number of hydrogen-bond donors (Lipinski definition) is 0. The molecule has 144 valence electrons. The smallest absolute Gasteiger partial charge is 0.338 e. The van der Waals surface area contributed by atoms with Gasteiger partial charge in [0.2, 0.25) is 5.91 Å². The molecule has 2 heterocycles. The minimum atomic E-state index is -0.539. The lowest BCUT2D eigenvalue weighted by atomic mass is 9.94. The van der Waals surface area contributed by atoms with Gasteiger partial charge in [0.05, 0.1) is 31.0 Å². The Morgan fingerprint density at radius 3 is 2.67 bits per heavy atom. The van der Waals surface area contributed by atoms with Gasteiger partial charge in [0.1, 0.15) is 5.75 Å². The van der Waals surface area contributed by atoms with Gasteiger partial charge in [0, 0.05) is 12.2 Å². The van der Waals surface area contributed by atoms with Crippen LogP contribution in [0.25, 0.3) is 0 Å². The van der Waals surface area contributed by atoms with Gasteiger partial charge in [-0.15, -0.1) is 0 Å². The highest BCUT2D eigenvalue weighted by atomic mass is 32.2. The van der Waals surface area contributed by atoms with Crippen molar-refractivity contribution in [3.63, 3.8) is 0 Å². The van der Waals surface area contributed by atoms with Crippen LogP contribution in [-0.2, 0) is 14.3 Å². The average Bonchev–Trinajstić information content (AvgIpc) is 2.65. The summed E-state index contributed by atoms with van der Waals surface area (Å²) in [6, 6.07) is 6.87. The van der Waals surface area contributed by atoms with Crippen LogP contribution in [0.3, 0.4) is 0 Å². The second-order valence-electron chi connectivity index (χ2n) is 6.92. The van der Waals surface area contributed by atoms with Gasteiger partial charge in [0.25, 0.3) is 0 Å². The van der Waals surface area contributed by atoms with E-state index in [1.165, 1.54) is 11.8 Å². The van der Waals surface area contributed by atoms with E-state index in [2.05, 4.69) is 4.99 Å². The molecule has 2 aliphatic rings. The Morgan fingerprint density at radius 1 is 1.33 bits per heavy atom. The Balaban J connectivity index is 2.05. The Bertz CT molecular complexity index is 799. The van der Waals surface area contributed by atoms with Crippen LogP contribution in [0.4, 0.5) is 0 Å². The number of hydrogen-bond acceptors (Lipinski definition) is 6. The zero-order valence-electron chi connectivity index (χ0n) is 16.0. The Hall–Kier alpha value is -2.28. The number of carbonyl (C=O) groups excluding carboxylic acids is 2. The lowest BCUT2D eigenvalue weighted by molar-refractivity contribution is -0.141. The number of methoxy groups -OCH3 is 1. The topological polar surface area (TPSA) is 68.2 Å². The van der Waals surface area contributed by atoms with Crippen molar-refractivity contribution >= 4 is 28.8 Å². The average molecular weight is 388 g/mol. The molecule has 1 aromatic carbocycles. The first kappa shape index (κ1) is 19.5. The predicted molar refractivity (Wildman–Crippen MR) is 106 cm³/mol. The third kappa shape index (κ3) is 4.03. The molecule has 0 saturated carbocycles. The summed E-state index contributed by atoms with van der Waals surface area (Å²) < 4.78 is 10.7. The molecule has 0 spiro atoms. The highest BCUT2D eigenvalue weighted by molar-refractivity contribution is 8.14. The second-order valence-corrected chi connectivity index (χ2v) is 7.99. The van der Waals surface area contributed by atoms with Gasteiger partial charge < -0.3 is 9.47 Å². The number of amides is 1. The third-order valence-electron chi connectivity index (χ3n) is 4.41. The molecule has 7 heteroatoms. The maximum Gasteiger partial charge on any atom is 0.338 e. The number of ether oxygens (including phenoxy) is 2. The standard InChI is InChI=1S/C20H24N2O4S/c1-12(2)11-26-19(24)17-13(3)21-20-22(16(23)9-10-27-20)18(17)14-5-7-15(25-4)8-6-14/h5-8,12,18H,9-11H2,1-4H3. The monoisotopic (exact) mass is 388 g/mol. The summed E-state index contributed by atoms with van der Waals surface area (Å²) in [5.74, 6) is 1.18. The number of carbonyl (C=O) groups is 2. The SMILES string of the molecule is COc1ccc(C2C(C(=O)OCC(C)C)=C(C)N=C3SCCC(=O)N32)cc1. The van der Waals surface area contributed by atoms with Crippen molar-refractivity contribution in [2.24, 2.45) is 10.9 Å². The molecular weight excluding hydrogens is 364 g/mol. The van der Waals surface area contributed by atoms with Crippen LogP contribution in [0.15, 0.2) is 40.5 Å². The molecule has 1 unspecified atom stereocenters. The van der Waals surface area contributed by atoms with E-state index >= 15 is 0 Å². The first-order chi connectivity index (χ1) is 12.9. The van der Waals surface area contributed by atoms with Gasteiger partial charge in [0.15, 0.2) is 5.17 Å². The number of benzene rings is 1. The molecule has 0 aromatic heterocycles. The zero-order valence-corrected chi connectivity index (χ0v) is 16.8. The number of aliphatic imine (C=N–C) groups is 1. The minimum absolute atomic E-state index is 0.0324. The summed E-state index contributed by atoms with van der Waals surface area (Å²) in [5, 5.41) is 0.643. The molecule has 1 fully saturated rings. The van der Waals surface area contributed by atoms with E-state index in [-0.39, 0.29) is 11.8 Å². The van der Waals surface area contributed by atoms with Gasteiger partial charge in [-0.2, -0.15) is 0 Å². The molecule has 1 amide bonds. The normalized spacial score (nSPS) is 19.7. The Labute approximate surface area is 163 Å². The predicted octanol–water partition coefficient (Wildman–Crippen LogP) is 3.54. The van der Waals surface area contributed by atoms with Crippen LogP contribution in [0.5, 0.6) is 5.75 Å². The molecule has 2 aliphatic heterocycles. The lowest BCUT2D eigenvalue weighted by Crippen LogP contribution is -2.45. The summed E-state index contributed by atoms with van der Waals surface area (Å²) in [5.41, 5.74) is 1.84. The highest BCUT2D eigenvalue weighted by Crippen LogP contribution is 2.40. The van der Waals surface area contributed by atoms with Crippen LogP contribution in [-0.4, -0.2) is 41.4 Å². The molecule has 6 nitrogen and oxygen atoms in total. The van der Waals surface area contributed by atoms with Crippen LogP contribution < -0.4 is 4.74 Å². The molecule has 0 aliphatic carbocycles. The maximum absolute atomic E-state index is 12.9. The zero-order chi connectivity index (χ0) is 19.6. The maximum atomic E-state index is 12.9. The molecule has 0 radical (unpaired) electrons. The van der Waals surface area contributed by atoms with Crippen molar-refractivity contribution in [3.05, 3.63) is 41.1 Å². The number of rotatable bonds is 5. The molecule has 1 atom stereocenters. The number of esters is 1. The number of allylic oxidation sites excluding steroid dienone is 1. The molecular formula is C20H24N2O4S. The van der Waals surface area contributed by atoms with Crippen molar-refractivity contribution in [2.45, 2.75) is 33.2 Å². The van der Waals surface area contributed by atoms with Crippen LogP contribution in [0.2, 0.25) is 0 Å². The number of amidine groups is 1. The summed E-state index contributed by atoms with van der Waals surface area (Å²) in [7, 11) is 1.60. The van der Waals surface area contributed by atoms with Gasteiger partial charge in [-0.1, -0.05) is 37.7 Å². The summed E-state index contributed by atoms with van der Waals surface area (Å²) in [6.07, 6.45) is 0.420. The van der Waals surface area contributed by atoms with Gasteiger partial charge in [-0.3, -0.25) is 9.69 Å². The highest BCUT2D eigenvalue weighted by Gasteiger charge is 2.41. The Kier molecular flexibility index (Phi) is 5.89. The second kappa shape index (κ2) is 8.17. The summed E-state index contributed by atoms with van der Waals surface area (Å²) >= 11 is 1.54. The van der Waals surface area contributed by atoms with E-state index in [4.69, 9.17) is 9.47 Å². The first-order valence-corrected chi connectivity index (χ1v) is 9.96. The number of nitrogens with zero attached hydrogens (tertiary/aromatic N) is 2. The molecule has 1 aromatic rings. The van der Waals surface area contributed by atoms with Crippen molar-refractivity contribution in [1.29, 1.82) is 0 Å². The van der Waals surface area contributed by atoms with E-state index < -0.39 is 12.0 Å². The largest absolute Gasteiger partial charge is 0.497 e. The molecule has 3 rings (SSSR count). The van der Waals surface area contributed by atoms with Crippen molar-refractivity contribution in [1.82, 2.24) is 4.90 Å². The van der Waals surface area contributed by atoms with E-state index in [1.54, 1.807) is 18.9 Å². The van der Waals surface area contributed by atoms with E-state index in [1.807, 2.05) is 38.1 Å². The molecule has 27 heavy (non-hydrogen) atoms. The van der Waals surface area contributed by atoms with Gasteiger partial charge >= 0.3 is 5.97 Å². The van der Waals surface area contributed by atoms with Gasteiger partial charge in [-0.05, 0) is 30.5 Å². The quantitative estimate of drug-likeness (QED) is 0.722. The Morgan fingerprint density at radius 2 is 2.04 bits per heavy atom. The van der Waals surface area contributed by atoms with Crippen LogP contribution >= 0.6 is 11.8 Å². The van der Waals surface area contributed by atoms with E-state index in [9.17, 15) is 9.59 Å². The van der Waals surface area contributed by atoms with Crippen molar-refractivity contribution in [2.75, 3.05) is 19.5 Å². The summed E-state index contributed by atoms with van der Waals surface area (Å²) in [6.45, 7) is 6.09. The van der Waals surface area contributed by atoms with E-state index in [0.29, 0.717) is 41.0 Å². The summed E-state index contributed by atoms with van der Waals surface area (Å²) in [4.78, 5) is 31.8. The minimum Gasteiger partial charge on any atom is -0.497 e. The van der Waals surface area contributed by atoms with Crippen LogP contribution in [0.1, 0.15) is 38.8 Å². The van der Waals surface area contributed by atoms with E-state index in [0.717, 1.165) is 5.56 Å². The lowest BCUT2D eigenvalue weighted by Gasteiger charge is -2.39. The molecule has 0 N–H and O–H groups in total. The third-order valence-corrected chi connectivity index (χ3v) is 5.36. The number of thioether (sulfide) groups is 1. The fourth-order valence-corrected chi connectivity index (χ4v) is 4.09. The van der Waals surface area contributed by atoms with Gasteiger partial charge in [-0.25, -0.2) is 9.79 Å².